The van der Waals surface area contributed by atoms with Crippen LogP contribution in [0.5, 0.6) is 0 Å². The highest BCUT2D eigenvalue weighted by atomic mass is 15.4. The second-order valence-corrected chi connectivity index (χ2v) is 4.49. The summed E-state index contributed by atoms with van der Waals surface area (Å²) in [6.07, 6.45) is 6.56. The second kappa shape index (κ2) is 5.60. The lowest BCUT2D eigenvalue weighted by atomic mass is 10.3. The van der Waals surface area contributed by atoms with Crippen molar-refractivity contribution in [2.45, 2.75) is 26.3 Å². The Morgan fingerprint density at radius 1 is 1.15 bits per heavy atom. The van der Waals surface area contributed by atoms with E-state index in [9.17, 15) is 0 Å². The molecule has 0 saturated carbocycles. The standard InChI is InChI=1S/C13H15N7/c1-11-4-2-5-13(18-11)20-12(15-9-17-20)6-3-7-19-10-14-8-16-19/h2,4-5,8-10H,3,6-7H2,1H3. The maximum Gasteiger partial charge on any atom is 0.155 e. The first-order valence-corrected chi connectivity index (χ1v) is 6.48. The van der Waals surface area contributed by atoms with Crippen molar-refractivity contribution in [2.24, 2.45) is 0 Å². The zero-order chi connectivity index (χ0) is 13.8. The zero-order valence-electron chi connectivity index (χ0n) is 11.2. The van der Waals surface area contributed by atoms with Gasteiger partial charge in [0.15, 0.2) is 5.82 Å². The Morgan fingerprint density at radius 2 is 2.10 bits per heavy atom. The van der Waals surface area contributed by atoms with Gasteiger partial charge >= 0.3 is 0 Å². The summed E-state index contributed by atoms with van der Waals surface area (Å²) in [6.45, 7) is 2.78. The molecule has 0 aromatic carbocycles. The number of aromatic nitrogens is 7. The van der Waals surface area contributed by atoms with E-state index in [4.69, 9.17) is 0 Å². The van der Waals surface area contributed by atoms with Gasteiger partial charge in [-0.15, -0.1) is 0 Å². The summed E-state index contributed by atoms with van der Waals surface area (Å²) in [7, 11) is 0. The lowest BCUT2D eigenvalue weighted by Gasteiger charge is -2.05. The lowest BCUT2D eigenvalue weighted by molar-refractivity contribution is 0.564. The molecule has 3 rings (SSSR count). The normalized spacial score (nSPS) is 10.8. The summed E-state index contributed by atoms with van der Waals surface area (Å²) in [5, 5.41) is 8.33. The van der Waals surface area contributed by atoms with E-state index >= 15 is 0 Å². The first-order valence-electron chi connectivity index (χ1n) is 6.48. The monoisotopic (exact) mass is 269 g/mol. The molecule has 7 heteroatoms. The zero-order valence-corrected chi connectivity index (χ0v) is 11.2. The molecule has 3 aromatic rings. The molecule has 0 unspecified atom stereocenters. The minimum atomic E-state index is 0.804. The summed E-state index contributed by atoms with van der Waals surface area (Å²) in [5.74, 6) is 1.71. The molecular formula is C13H15N7. The van der Waals surface area contributed by atoms with Gasteiger partial charge in [0.05, 0.1) is 0 Å². The van der Waals surface area contributed by atoms with Gasteiger partial charge in [0.2, 0.25) is 0 Å². The van der Waals surface area contributed by atoms with Crippen molar-refractivity contribution in [1.82, 2.24) is 34.5 Å². The van der Waals surface area contributed by atoms with Crippen LogP contribution >= 0.6 is 0 Å². The molecule has 0 N–H and O–H groups in total. The summed E-state index contributed by atoms with van der Waals surface area (Å²) in [5.41, 5.74) is 0.964. The highest BCUT2D eigenvalue weighted by molar-refractivity contribution is 5.24. The Bertz CT molecular complexity index is 672. The molecular weight excluding hydrogens is 254 g/mol. The number of hydrogen-bond donors (Lipinski definition) is 0. The fraction of sp³-hybridized carbons (Fsp3) is 0.308. The molecule has 7 nitrogen and oxygen atoms in total. The van der Waals surface area contributed by atoms with Crippen LogP contribution in [-0.4, -0.2) is 34.5 Å². The third kappa shape index (κ3) is 2.71. The van der Waals surface area contributed by atoms with Gasteiger partial charge in [0.25, 0.3) is 0 Å². The third-order valence-electron chi connectivity index (χ3n) is 2.96. The molecule has 0 fully saturated rings. The number of nitrogens with zero attached hydrogens (tertiary/aromatic N) is 7. The topological polar surface area (TPSA) is 74.3 Å². The smallest absolute Gasteiger partial charge is 0.155 e. The maximum absolute atomic E-state index is 4.47. The van der Waals surface area contributed by atoms with E-state index in [1.54, 1.807) is 23.7 Å². The molecule has 0 radical (unpaired) electrons. The third-order valence-corrected chi connectivity index (χ3v) is 2.96. The molecule has 3 aromatic heterocycles. The molecule has 20 heavy (non-hydrogen) atoms. The Morgan fingerprint density at radius 3 is 2.90 bits per heavy atom. The molecule has 0 amide bonds. The second-order valence-electron chi connectivity index (χ2n) is 4.49. The Kier molecular flexibility index (Phi) is 3.49. The molecule has 0 aliphatic rings. The van der Waals surface area contributed by atoms with E-state index in [2.05, 4.69) is 25.1 Å². The van der Waals surface area contributed by atoms with Crippen LogP contribution in [0.25, 0.3) is 5.82 Å². The maximum atomic E-state index is 4.47. The molecule has 0 aliphatic carbocycles. The van der Waals surface area contributed by atoms with Crippen LogP contribution in [-0.2, 0) is 13.0 Å². The van der Waals surface area contributed by atoms with Crippen LogP contribution < -0.4 is 0 Å². The van der Waals surface area contributed by atoms with Crippen LogP contribution in [0.3, 0.4) is 0 Å². The number of aryl methyl sites for hydroxylation is 3. The molecule has 3 heterocycles. The van der Waals surface area contributed by atoms with Gasteiger partial charge in [0, 0.05) is 18.7 Å². The first-order chi connectivity index (χ1) is 9.83. The SMILES string of the molecule is Cc1cccc(-n2ncnc2CCCn2cncn2)n1. The van der Waals surface area contributed by atoms with Gasteiger partial charge in [-0.2, -0.15) is 14.9 Å². The molecule has 0 saturated heterocycles. The van der Waals surface area contributed by atoms with Gasteiger partial charge in [-0.25, -0.2) is 15.0 Å². The average molecular weight is 269 g/mol. The van der Waals surface area contributed by atoms with Crippen molar-refractivity contribution in [3.8, 4) is 5.82 Å². The van der Waals surface area contributed by atoms with E-state index in [0.29, 0.717) is 0 Å². The number of pyridine rings is 1. The molecule has 0 atom stereocenters. The minimum absolute atomic E-state index is 0.804. The van der Waals surface area contributed by atoms with Gasteiger partial charge in [-0.3, -0.25) is 4.68 Å². The van der Waals surface area contributed by atoms with Crippen molar-refractivity contribution in [2.75, 3.05) is 0 Å². The van der Waals surface area contributed by atoms with Crippen LogP contribution in [0.15, 0.2) is 37.2 Å². The highest BCUT2D eigenvalue weighted by Crippen LogP contribution is 2.08. The van der Waals surface area contributed by atoms with E-state index in [1.165, 1.54) is 0 Å². The van der Waals surface area contributed by atoms with Gasteiger partial charge in [-0.05, 0) is 25.5 Å². The largest absolute Gasteiger partial charge is 0.253 e. The van der Waals surface area contributed by atoms with Gasteiger partial charge in [0.1, 0.15) is 24.8 Å². The summed E-state index contributed by atoms with van der Waals surface area (Å²) in [6, 6.07) is 5.87. The van der Waals surface area contributed by atoms with Crippen LogP contribution in [0, 0.1) is 6.92 Å². The fourth-order valence-electron chi connectivity index (χ4n) is 2.02. The predicted octanol–water partition coefficient (Wildman–Crippen LogP) is 1.20. The van der Waals surface area contributed by atoms with Crippen molar-refractivity contribution in [3.05, 3.63) is 48.7 Å². The van der Waals surface area contributed by atoms with Crippen LogP contribution in [0.2, 0.25) is 0 Å². The molecule has 0 bridgehead atoms. The van der Waals surface area contributed by atoms with Gasteiger partial charge < -0.3 is 0 Å². The van der Waals surface area contributed by atoms with Crippen molar-refractivity contribution in [1.29, 1.82) is 0 Å². The molecule has 102 valence electrons. The van der Waals surface area contributed by atoms with E-state index < -0.39 is 0 Å². The number of hydrogen-bond acceptors (Lipinski definition) is 5. The first kappa shape index (κ1) is 12.5. The number of rotatable bonds is 5. The molecule has 0 aliphatic heterocycles. The predicted molar refractivity (Wildman–Crippen MR) is 72.2 cm³/mol. The Hall–Kier alpha value is -2.57. The summed E-state index contributed by atoms with van der Waals surface area (Å²) >= 11 is 0. The quantitative estimate of drug-likeness (QED) is 0.695. The average Bonchev–Trinajstić information content (AvgIpc) is 3.10. The molecule has 0 spiro atoms. The lowest BCUT2D eigenvalue weighted by Crippen LogP contribution is -2.07. The van der Waals surface area contributed by atoms with E-state index in [-0.39, 0.29) is 0 Å². The summed E-state index contributed by atoms with van der Waals surface area (Å²) < 4.78 is 3.60. The minimum Gasteiger partial charge on any atom is -0.253 e. The Labute approximate surface area is 116 Å². The van der Waals surface area contributed by atoms with E-state index in [1.807, 2.05) is 29.8 Å². The van der Waals surface area contributed by atoms with Gasteiger partial charge in [-0.1, -0.05) is 6.07 Å². The van der Waals surface area contributed by atoms with Crippen molar-refractivity contribution in [3.63, 3.8) is 0 Å². The van der Waals surface area contributed by atoms with E-state index in [0.717, 1.165) is 36.7 Å². The fourth-order valence-corrected chi connectivity index (χ4v) is 2.02. The van der Waals surface area contributed by atoms with Crippen molar-refractivity contribution >= 4 is 0 Å². The Balaban J connectivity index is 1.70. The summed E-state index contributed by atoms with van der Waals surface area (Å²) in [4.78, 5) is 12.7. The van der Waals surface area contributed by atoms with Crippen molar-refractivity contribution < 1.29 is 0 Å². The van der Waals surface area contributed by atoms with Crippen LogP contribution in [0.4, 0.5) is 0 Å². The van der Waals surface area contributed by atoms with Crippen LogP contribution in [0.1, 0.15) is 17.9 Å². The highest BCUT2D eigenvalue weighted by Gasteiger charge is 2.07.